The van der Waals surface area contributed by atoms with E-state index in [0.717, 1.165) is 21.2 Å². The second-order valence-corrected chi connectivity index (χ2v) is 4.83. The van der Waals surface area contributed by atoms with E-state index >= 15 is 0 Å². The average Bonchev–Trinajstić information content (AvgIpc) is 2.63. The molecular formula is C8H7BrN4S. The van der Waals surface area contributed by atoms with Crippen molar-refractivity contribution in [2.45, 2.75) is 6.54 Å². The molecule has 0 saturated heterocycles. The van der Waals surface area contributed by atoms with Crippen LogP contribution in [0.25, 0.3) is 0 Å². The van der Waals surface area contributed by atoms with Gasteiger partial charge >= 0.3 is 0 Å². The lowest BCUT2D eigenvalue weighted by Crippen LogP contribution is -1.98. The van der Waals surface area contributed by atoms with Gasteiger partial charge in [-0.1, -0.05) is 17.4 Å². The van der Waals surface area contributed by atoms with Crippen molar-refractivity contribution in [1.82, 2.24) is 15.2 Å². The van der Waals surface area contributed by atoms with Gasteiger partial charge in [-0.15, -0.1) is 10.2 Å². The van der Waals surface area contributed by atoms with Crippen LogP contribution in [0.2, 0.25) is 0 Å². The molecule has 72 valence electrons. The Hall–Kier alpha value is -1.01. The molecule has 4 nitrogen and oxygen atoms in total. The normalized spacial score (nSPS) is 10.1. The zero-order chi connectivity index (χ0) is 9.80. The summed E-state index contributed by atoms with van der Waals surface area (Å²) in [4.78, 5) is 4.02. The van der Waals surface area contributed by atoms with E-state index < -0.39 is 0 Å². The summed E-state index contributed by atoms with van der Waals surface area (Å²) in [6.45, 7) is 0.718. The van der Waals surface area contributed by atoms with Crippen molar-refractivity contribution in [2.24, 2.45) is 0 Å². The molecule has 6 heteroatoms. The molecule has 0 radical (unpaired) electrons. The zero-order valence-corrected chi connectivity index (χ0v) is 9.55. The third-order valence-electron chi connectivity index (χ3n) is 1.57. The molecule has 0 aliphatic heterocycles. The number of rotatable bonds is 3. The van der Waals surface area contributed by atoms with Crippen molar-refractivity contribution in [3.05, 3.63) is 34.0 Å². The average molecular weight is 271 g/mol. The maximum absolute atomic E-state index is 4.02. The Kier molecular flexibility index (Phi) is 3.05. The molecule has 0 unspecified atom stereocenters. The van der Waals surface area contributed by atoms with Crippen molar-refractivity contribution < 1.29 is 0 Å². The highest BCUT2D eigenvalue weighted by Gasteiger charge is 1.99. The smallest absolute Gasteiger partial charge is 0.206 e. The highest BCUT2D eigenvalue weighted by Crippen LogP contribution is 2.20. The molecule has 0 aromatic carbocycles. The molecule has 0 bridgehead atoms. The molecule has 2 aromatic heterocycles. The maximum Gasteiger partial charge on any atom is 0.206 e. The fourth-order valence-corrected chi connectivity index (χ4v) is 1.96. The van der Waals surface area contributed by atoms with E-state index in [0.29, 0.717) is 0 Å². The van der Waals surface area contributed by atoms with Crippen LogP contribution in [0.5, 0.6) is 0 Å². The molecule has 14 heavy (non-hydrogen) atoms. The lowest BCUT2D eigenvalue weighted by atomic mass is 10.3. The monoisotopic (exact) mass is 270 g/mol. The van der Waals surface area contributed by atoms with Crippen molar-refractivity contribution in [2.75, 3.05) is 5.32 Å². The first-order valence-corrected chi connectivity index (χ1v) is 5.57. The van der Waals surface area contributed by atoms with Crippen molar-refractivity contribution in [3.63, 3.8) is 0 Å². The van der Waals surface area contributed by atoms with E-state index in [1.807, 2.05) is 18.3 Å². The van der Waals surface area contributed by atoms with E-state index in [4.69, 9.17) is 0 Å². The molecule has 2 aromatic rings. The lowest BCUT2D eigenvalue weighted by molar-refractivity contribution is 1.03. The number of hydrogen-bond donors (Lipinski definition) is 1. The summed E-state index contributed by atoms with van der Waals surface area (Å²) in [5.74, 6) is 0. The highest BCUT2D eigenvalue weighted by molar-refractivity contribution is 9.11. The summed E-state index contributed by atoms with van der Waals surface area (Å²) in [7, 11) is 0. The van der Waals surface area contributed by atoms with Gasteiger partial charge in [-0.2, -0.15) is 0 Å². The first-order valence-electron chi connectivity index (χ1n) is 3.96. The Morgan fingerprint density at radius 3 is 3.00 bits per heavy atom. The molecule has 2 rings (SSSR count). The van der Waals surface area contributed by atoms with E-state index in [1.54, 1.807) is 6.20 Å². The van der Waals surface area contributed by atoms with Crippen LogP contribution in [-0.4, -0.2) is 15.2 Å². The molecule has 0 amide bonds. The Morgan fingerprint density at radius 1 is 1.43 bits per heavy atom. The third-order valence-corrected chi connectivity index (χ3v) is 2.88. The second-order valence-electron chi connectivity index (χ2n) is 2.57. The molecule has 0 saturated carbocycles. The van der Waals surface area contributed by atoms with Gasteiger partial charge in [-0.05, 0) is 27.6 Å². The van der Waals surface area contributed by atoms with E-state index in [-0.39, 0.29) is 0 Å². The molecule has 0 aliphatic rings. The summed E-state index contributed by atoms with van der Waals surface area (Å²) in [6, 6.07) is 3.92. The van der Waals surface area contributed by atoms with Crippen LogP contribution in [0.4, 0.5) is 5.13 Å². The van der Waals surface area contributed by atoms with Crippen molar-refractivity contribution in [3.8, 4) is 0 Å². The Labute approximate surface area is 93.5 Å². The Balaban J connectivity index is 1.95. The van der Waals surface area contributed by atoms with Gasteiger partial charge in [0.15, 0.2) is 3.92 Å². The molecule has 0 atom stereocenters. The topological polar surface area (TPSA) is 50.7 Å². The van der Waals surface area contributed by atoms with Crippen LogP contribution >= 0.6 is 27.3 Å². The van der Waals surface area contributed by atoms with Crippen LogP contribution in [-0.2, 0) is 6.54 Å². The van der Waals surface area contributed by atoms with Gasteiger partial charge in [0.25, 0.3) is 0 Å². The summed E-state index contributed by atoms with van der Waals surface area (Å²) >= 11 is 4.72. The van der Waals surface area contributed by atoms with Crippen LogP contribution in [0.3, 0.4) is 0 Å². The number of nitrogens with one attached hydrogen (secondary N) is 1. The molecular weight excluding hydrogens is 264 g/mol. The molecule has 2 heterocycles. The van der Waals surface area contributed by atoms with Gasteiger partial charge in [-0.25, -0.2) is 0 Å². The van der Waals surface area contributed by atoms with Gasteiger partial charge < -0.3 is 5.32 Å². The quantitative estimate of drug-likeness (QED) is 0.930. The number of pyridine rings is 1. The number of aromatic nitrogens is 3. The minimum absolute atomic E-state index is 0.718. The van der Waals surface area contributed by atoms with E-state index in [2.05, 4.69) is 36.4 Å². The summed E-state index contributed by atoms with van der Waals surface area (Å²) in [6.07, 6.45) is 3.58. The van der Waals surface area contributed by atoms with Gasteiger partial charge in [0.05, 0.1) is 0 Å². The summed E-state index contributed by atoms with van der Waals surface area (Å²) in [5.41, 5.74) is 1.12. The maximum atomic E-state index is 4.02. The minimum Gasteiger partial charge on any atom is -0.356 e. The first-order chi connectivity index (χ1) is 6.84. The molecule has 0 aliphatic carbocycles. The van der Waals surface area contributed by atoms with Crippen molar-refractivity contribution in [1.29, 1.82) is 0 Å². The van der Waals surface area contributed by atoms with Gasteiger partial charge in [0, 0.05) is 18.9 Å². The predicted molar refractivity (Wildman–Crippen MR) is 59.2 cm³/mol. The number of hydrogen-bond acceptors (Lipinski definition) is 5. The largest absolute Gasteiger partial charge is 0.356 e. The molecule has 0 spiro atoms. The number of halogens is 1. The first kappa shape index (κ1) is 9.54. The van der Waals surface area contributed by atoms with E-state index in [9.17, 15) is 0 Å². The highest BCUT2D eigenvalue weighted by atomic mass is 79.9. The predicted octanol–water partition coefficient (Wildman–Crippen LogP) is 2.31. The minimum atomic E-state index is 0.718. The molecule has 1 N–H and O–H groups in total. The Morgan fingerprint density at radius 2 is 2.36 bits per heavy atom. The third kappa shape index (κ3) is 2.49. The van der Waals surface area contributed by atoms with Crippen LogP contribution in [0, 0.1) is 0 Å². The van der Waals surface area contributed by atoms with Gasteiger partial charge in [0.1, 0.15) is 0 Å². The second kappa shape index (κ2) is 4.47. The lowest BCUT2D eigenvalue weighted by Gasteiger charge is -2.00. The van der Waals surface area contributed by atoms with Crippen LogP contribution < -0.4 is 5.32 Å². The Bertz CT molecular complexity index is 403. The number of anilines is 1. The number of nitrogens with zero attached hydrogens (tertiary/aromatic N) is 3. The SMILES string of the molecule is Brc1nnc(NCc2cccnc2)s1. The van der Waals surface area contributed by atoms with Crippen molar-refractivity contribution >= 4 is 32.4 Å². The summed E-state index contributed by atoms with van der Waals surface area (Å²) < 4.78 is 0.784. The van der Waals surface area contributed by atoms with Crippen LogP contribution in [0.15, 0.2) is 28.4 Å². The standard InChI is InChI=1S/C8H7BrN4S/c9-7-12-13-8(14-7)11-5-6-2-1-3-10-4-6/h1-4H,5H2,(H,11,13). The van der Waals surface area contributed by atoms with Gasteiger partial charge in [-0.3, -0.25) is 4.98 Å². The van der Waals surface area contributed by atoms with Crippen LogP contribution in [0.1, 0.15) is 5.56 Å². The molecule has 0 fully saturated rings. The fourth-order valence-electron chi connectivity index (χ4n) is 0.957. The van der Waals surface area contributed by atoms with Gasteiger partial charge in [0.2, 0.25) is 5.13 Å². The zero-order valence-electron chi connectivity index (χ0n) is 7.14. The van der Waals surface area contributed by atoms with E-state index in [1.165, 1.54) is 11.3 Å². The fraction of sp³-hybridized carbons (Fsp3) is 0.125. The summed E-state index contributed by atoms with van der Waals surface area (Å²) in [5, 5.41) is 11.7.